The smallest absolute Gasteiger partial charge is 0.255 e. The molecule has 2 N–H and O–H groups in total. The topological polar surface area (TPSA) is 79.5 Å². The number of hydrogen-bond donors (Lipinski definition) is 2. The van der Waals surface area contributed by atoms with E-state index in [0.29, 0.717) is 35.6 Å². The van der Waals surface area contributed by atoms with Gasteiger partial charge in [0.25, 0.3) is 5.91 Å². The standard InChI is InChI=1S/C22H26ClNO4/c1-3-19(26)20-12-18(22(27)24-16-7-9-17(25)10-8-16)21(28-20)13(2)14-5-4-6-15(23)11-14/h4-6,11-13,16-17,25H,3,7-10H2,1-2H3,(H,24,27)/t13-,16?,17?/m1/s1. The number of hydrogen-bond acceptors (Lipinski definition) is 4. The molecule has 28 heavy (non-hydrogen) atoms. The van der Waals surface area contributed by atoms with Gasteiger partial charge in [-0.1, -0.05) is 37.6 Å². The Kier molecular flexibility index (Phi) is 6.57. The molecule has 1 saturated carbocycles. The lowest BCUT2D eigenvalue weighted by atomic mass is 9.92. The van der Waals surface area contributed by atoms with Crippen molar-refractivity contribution >= 4 is 23.3 Å². The van der Waals surface area contributed by atoms with Crippen molar-refractivity contribution in [2.45, 2.75) is 64.0 Å². The van der Waals surface area contributed by atoms with Crippen LogP contribution in [0.25, 0.3) is 0 Å². The second-order valence-corrected chi connectivity index (χ2v) is 7.86. The maximum Gasteiger partial charge on any atom is 0.255 e. The first-order valence-electron chi connectivity index (χ1n) is 9.80. The van der Waals surface area contributed by atoms with Crippen LogP contribution in [0.4, 0.5) is 0 Å². The fraction of sp³-hybridized carbons (Fsp3) is 0.455. The van der Waals surface area contributed by atoms with Gasteiger partial charge in [-0.15, -0.1) is 0 Å². The zero-order valence-electron chi connectivity index (χ0n) is 16.2. The fourth-order valence-corrected chi connectivity index (χ4v) is 3.83. The Balaban J connectivity index is 1.89. The number of aliphatic hydroxyl groups excluding tert-OH is 1. The van der Waals surface area contributed by atoms with E-state index in [1.54, 1.807) is 19.1 Å². The third-order valence-corrected chi connectivity index (χ3v) is 5.61. The number of Topliss-reactive ketones (excluding diaryl/α,β-unsaturated/α-hetero) is 1. The number of amides is 1. The van der Waals surface area contributed by atoms with Gasteiger partial charge in [-0.05, 0) is 43.4 Å². The lowest BCUT2D eigenvalue weighted by molar-refractivity contribution is 0.0865. The molecule has 0 saturated heterocycles. The molecule has 5 nitrogen and oxygen atoms in total. The maximum atomic E-state index is 13.0. The van der Waals surface area contributed by atoms with E-state index in [1.807, 2.05) is 25.1 Å². The van der Waals surface area contributed by atoms with Gasteiger partial charge in [-0.25, -0.2) is 0 Å². The molecule has 2 aromatic rings. The van der Waals surface area contributed by atoms with Gasteiger partial charge in [-0.2, -0.15) is 0 Å². The van der Waals surface area contributed by atoms with Crippen molar-refractivity contribution in [2.75, 3.05) is 0 Å². The Hall–Kier alpha value is -2.11. The van der Waals surface area contributed by atoms with Gasteiger partial charge in [0, 0.05) is 29.5 Å². The van der Waals surface area contributed by atoms with Crippen molar-refractivity contribution in [2.24, 2.45) is 0 Å². The second kappa shape index (κ2) is 8.93. The highest BCUT2D eigenvalue weighted by Crippen LogP contribution is 2.32. The van der Waals surface area contributed by atoms with Crippen molar-refractivity contribution in [3.05, 3.63) is 58.0 Å². The first-order valence-corrected chi connectivity index (χ1v) is 10.2. The van der Waals surface area contributed by atoms with Crippen molar-refractivity contribution in [3.8, 4) is 0 Å². The molecular formula is C22H26ClNO4. The first kappa shape index (κ1) is 20.6. The average Bonchev–Trinajstić information content (AvgIpc) is 3.14. The number of nitrogens with one attached hydrogen (secondary N) is 1. The van der Waals surface area contributed by atoms with Crippen LogP contribution in [0.3, 0.4) is 0 Å². The van der Waals surface area contributed by atoms with Crippen LogP contribution >= 0.6 is 11.6 Å². The van der Waals surface area contributed by atoms with Crippen LogP contribution in [0.2, 0.25) is 5.02 Å². The molecule has 0 radical (unpaired) electrons. The van der Waals surface area contributed by atoms with E-state index in [4.69, 9.17) is 16.0 Å². The van der Waals surface area contributed by atoms with Gasteiger partial charge in [0.05, 0.1) is 11.7 Å². The molecule has 0 unspecified atom stereocenters. The minimum atomic E-state index is -0.283. The molecule has 1 fully saturated rings. The van der Waals surface area contributed by atoms with Crippen molar-refractivity contribution in [3.63, 3.8) is 0 Å². The summed E-state index contributed by atoms with van der Waals surface area (Å²) in [4.78, 5) is 25.1. The Labute approximate surface area is 170 Å². The highest BCUT2D eigenvalue weighted by atomic mass is 35.5. The summed E-state index contributed by atoms with van der Waals surface area (Å²) < 4.78 is 5.86. The van der Waals surface area contributed by atoms with Gasteiger partial charge < -0.3 is 14.8 Å². The summed E-state index contributed by atoms with van der Waals surface area (Å²) in [5.74, 6) is 0.0533. The van der Waals surface area contributed by atoms with E-state index in [-0.39, 0.29) is 35.5 Å². The number of benzene rings is 1. The normalized spacial score (nSPS) is 20.6. The number of rotatable bonds is 6. The second-order valence-electron chi connectivity index (χ2n) is 7.42. The van der Waals surface area contributed by atoms with E-state index >= 15 is 0 Å². The van der Waals surface area contributed by atoms with Crippen molar-refractivity contribution < 1.29 is 19.1 Å². The largest absolute Gasteiger partial charge is 0.456 e. The van der Waals surface area contributed by atoms with E-state index in [0.717, 1.165) is 18.4 Å². The number of ketones is 1. The molecule has 0 spiro atoms. The van der Waals surface area contributed by atoms with Crippen LogP contribution in [0, 0.1) is 0 Å². The summed E-state index contributed by atoms with van der Waals surface area (Å²) in [5, 5.41) is 13.3. The Bertz CT molecular complexity index is 852. The molecule has 6 heteroatoms. The lowest BCUT2D eigenvalue weighted by Gasteiger charge is -2.26. The molecule has 1 heterocycles. The molecule has 1 amide bonds. The highest BCUT2D eigenvalue weighted by molar-refractivity contribution is 6.30. The summed E-state index contributed by atoms with van der Waals surface area (Å²) in [6.45, 7) is 3.69. The summed E-state index contributed by atoms with van der Waals surface area (Å²) in [6, 6.07) is 8.96. The quantitative estimate of drug-likeness (QED) is 0.684. The predicted octanol–water partition coefficient (Wildman–Crippen LogP) is 4.71. The number of furan rings is 1. The van der Waals surface area contributed by atoms with Crippen LogP contribution in [-0.2, 0) is 0 Å². The lowest BCUT2D eigenvalue weighted by Crippen LogP contribution is -2.38. The third-order valence-electron chi connectivity index (χ3n) is 5.38. The maximum absolute atomic E-state index is 13.0. The summed E-state index contributed by atoms with van der Waals surface area (Å²) in [5.41, 5.74) is 1.29. The molecule has 3 rings (SSSR count). The van der Waals surface area contributed by atoms with E-state index in [9.17, 15) is 14.7 Å². The van der Waals surface area contributed by atoms with Crippen LogP contribution in [-0.4, -0.2) is 28.9 Å². The number of carbonyl (C=O) groups is 2. The van der Waals surface area contributed by atoms with Crippen LogP contribution < -0.4 is 5.32 Å². The van der Waals surface area contributed by atoms with Crippen molar-refractivity contribution in [1.29, 1.82) is 0 Å². The van der Waals surface area contributed by atoms with Crippen LogP contribution in [0.5, 0.6) is 0 Å². The number of aliphatic hydroxyl groups is 1. The van der Waals surface area contributed by atoms with Crippen LogP contribution in [0.15, 0.2) is 34.7 Å². The molecular weight excluding hydrogens is 378 g/mol. The minimum Gasteiger partial charge on any atom is -0.456 e. The molecule has 1 atom stereocenters. The van der Waals surface area contributed by atoms with E-state index in [1.165, 1.54) is 0 Å². The number of carbonyl (C=O) groups excluding carboxylic acids is 2. The zero-order chi connectivity index (χ0) is 20.3. The monoisotopic (exact) mass is 403 g/mol. The van der Waals surface area contributed by atoms with Gasteiger partial charge in [0.15, 0.2) is 11.5 Å². The Morgan fingerprint density at radius 2 is 1.96 bits per heavy atom. The molecule has 0 bridgehead atoms. The zero-order valence-corrected chi connectivity index (χ0v) is 17.0. The van der Waals surface area contributed by atoms with E-state index < -0.39 is 0 Å². The van der Waals surface area contributed by atoms with Crippen LogP contribution in [0.1, 0.15) is 84.1 Å². The van der Waals surface area contributed by atoms with Gasteiger partial charge >= 0.3 is 0 Å². The molecule has 1 aliphatic rings. The van der Waals surface area contributed by atoms with Gasteiger partial charge in [-0.3, -0.25) is 9.59 Å². The van der Waals surface area contributed by atoms with Gasteiger partial charge in [0.2, 0.25) is 0 Å². The fourth-order valence-electron chi connectivity index (χ4n) is 3.63. The molecule has 1 aromatic carbocycles. The highest BCUT2D eigenvalue weighted by Gasteiger charge is 2.28. The Morgan fingerprint density at radius 3 is 2.61 bits per heavy atom. The molecule has 150 valence electrons. The van der Waals surface area contributed by atoms with Crippen molar-refractivity contribution in [1.82, 2.24) is 5.32 Å². The predicted molar refractivity (Wildman–Crippen MR) is 108 cm³/mol. The SMILES string of the molecule is CCC(=O)c1cc(C(=O)NC2CCC(O)CC2)c([C@H](C)c2cccc(Cl)c2)o1. The summed E-state index contributed by atoms with van der Waals surface area (Å²) >= 11 is 6.11. The minimum absolute atomic E-state index is 0.0189. The Morgan fingerprint density at radius 1 is 1.25 bits per heavy atom. The van der Waals surface area contributed by atoms with E-state index in [2.05, 4.69) is 5.32 Å². The molecule has 0 aliphatic heterocycles. The first-order chi connectivity index (χ1) is 13.4. The average molecular weight is 404 g/mol. The number of halogens is 1. The molecule has 1 aromatic heterocycles. The van der Waals surface area contributed by atoms with Gasteiger partial charge in [0.1, 0.15) is 5.76 Å². The molecule has 1 aliphatic carbocycles. The summed E-state index contributed by atoms with van der Waals surface area (Å²) in [7, 11) is 0. The summed E-state index contributed by atoms with van der Waals surface area (Å²) in [6.07, 6.45) is 2.87. The third kappa shape index (κ3) is 4.65.